The molecule has 0 spiro atoms. The van der Waals surface area contributed by atoms with E-state index in [9.17, 15) is 0 Å². The maximum Gasteiger partial charge on any atom is 0.0399 e. The summed E-state index contributed by atoms with van der Waals surface area (Å²) in [4.78, 5) is 2.57. The van der Waals surface area contributed by atoms with Gasteiger partial charge in [0.15, 0.2) is 0 Å². The van der Waals surface area contributed by atoms with Crippen LogP contribution in [0.25, 0.3) is 0 Å². The van der Waals surface area contributed by atoms with Crippen molar-refractivity contribution in [2.75, 3.05) is 18.0 Å². The fourth-order valence-electron chi connectivity index (χ4n) is 3.23. The topological polar surface area (TPSA) is 29.3 Å². The van der Waals surface area contributed by atoms with E-state index in [1.807, 2.05) is 0 Å². The van der Waals surface area contributed by atoms with Gasteiger partial charge in [0.1, 0.15) is 0 Å². The lowest BCUT2D eigenvalue weighted by molar-refractivity contribution is 0.529. The zero-order valence-corrected chi connectivity index (χ0v) is 12.7. The maximum absolute atomic E-state index is 6.00. The molecule has 0 radical (unpaired) electrons. The lowest BCUT2D eigenvalue weighted by Crippen LogP contribution is -2.24. The number of rotatable bonds is 5. The Hall–Kier alpha value is -1.02. The monoisotopic (exact) mass is 260 g/mol. The molecule has 2 unspecified atom stereocenters. The number of aryl methyl sites for hydroxylation is 1. The molecule has 0 amide bonds. The predicted octanol–water partition coefficient (Wildman–Crippen LogP) is 3.51. The Morgan fingerprint density at radius 3 is 2.89 bits per heavy atom. The van der Waals surface area contributed by atoms with Gasteiger partial charge in [-0.1, -0.05) is 31.0 Å². The third-order valence-corrected chi connectivity index (χ3v) is 4.10. The molecule has 0 bridgehead atoms. The summed E-state index contributed by atoms with van der Waals surface area (Å²) in [5.74, 6) is 0.884. The molecule has 2 heteroatoms. The predicted molar refractivity (Wildman–Crippen MR) is 83.8 cm³/mol. The Bertz CT molecular complexity index is 412. The van der Waals surface area contributed by atoms with E-state index in [0.29, 0.717) is 0 Å². The van der Waals surface area contributed by atoms with Crippen molar-refractivity contribution in [1.29, 1.82) is 0 Å². The highest BCUT2D eigenvalue weighted by Gasteiger charge is 2.23. The van der Waals surface area contributed by atoms with E-state index < -0.39 is 0 Å². The van der Waals surface area contributed by atoms with Gasteiger partial charge in [0, 0.05) is 24.8 Å². The van der Waals surface area contributed by atoms with E-state index in [1.165, 1.54) is 49.2 Å². The van der Waals surface area contributed by atoms with Crippen molar-refractivity contribution in [1.82, 2.24) is 0 Å². The molecule has 2 atom stereocenters. The number of nitrogens with zero attached hydrogens (tertiary/aromatic N) is 1. The fourth-order valence-corrected chi connectivity index (χ4v) is 3.23. The largest absolute Gasteiger partial charge is 0.371 e. The summed E-state index contributed by atoms with van der Waals surface area (Å²) < 4.78 is 0. The van der Waals surface area contributed by atoms with Gasteiger partial charge in [-0.3, -0.25) is 0 Å². The molecular formula is C17H28N2. The third-order valence-electron chi connectivity index (χ3n) is 4.10. The lowest BCUT2D eigenvalue weighted by Gasteiger charge is -2.23. The lowest BCUT2D eigenvalue weighted by atomic mass is 10.0. The summed E-state index contributed by atoms with van der Waals surface area (Å²) in [5, 5.41) is 0. The first-order valence-corrected chi connectivity index (χ1v) is 7.70. The van der Waals surface area contributed by atoms with Gasteiger partial charge in [0.25, 0.3) is 0 Å². The van der Waals surface area contributed by atoms with E-state index in [2.05, 4.69) is 43.9 Å². The molecule has 0 aromatic heterocycles. The van der Waals surface area contributed by atoms with Crippen molar-refractivity contribution in [3.63, 3.8) is 0 Å². The molecule has 2 rings (SSSR count). The molecule has 1 aromatic carbocycles. The molecule has 0 aliphatic carbocycles. The Kier molecular flexibility index (Phi) is 4.87. The minimum atomic E-state index is 0.231. The highest BCUT2D eigenvalue weighted by Crippen LogP contribution is 2.30. The second kappa shape index (κ2) is 6.42. The van der Waals surface area contributed by atoms with Crippen LogP contribution < -0.4 is 10.6 Å². The molecule has 106 valence electrons. The van der Waals surface area contributed by atoms with Crippen LogP contribution in [-0.2, 0) is 6.42 Å². The van der Waals surface area contributed by atoms with Gasteiger partial charge in [-0.15, -0.1) is 0 Å². The molecule has 1 heterocycles. The van der Waals surface area contributed by atoms with Crippen LogP contribution in [0.5, 0.6) is 0 Å². The summed E-state index contributed by atoms with van der Waals surface area (Å²) in [7, 11) is 0. The van der Waals surface area contributed by atoms with Crippen LogP contribution >= 0.6 is 0 Å². The maximum atomic E-state index is 6.00. The molecule has 1 aliphatic heterocycles. The SMILES string of the molecule is CCCC1CCN(c2ccc(C)cc2CC(C)N)C1. The van der Waals surface area contributed by atoms with Gasteiger partial charge in [-0.05, 0) is 50.7 Å². The van der Waals surface area contributed by atoms with Gasteiger partial charge >= 0.3 is 0 Å². The highest BCUT2D eigenvalue weighted by atomic mass is 15.2. The Labute approximate surface area is 118 Å². The van der Waals surface area contributed by atoms with Crippen molar-refractivity contribution in [2.45, 2.75) is 52.5 Å². The number of anilines is 1. The van der Waals surface area contributed by atoms with Crippen LogP contribution in [0.15, 0.2) is 18.2 Å². The molecule has 1 aliphatic rings. The average Bonchev–Trinajstić information content (AvgIpc) is 2.77. The minimum Gasteiger partial charge on any atom is -0.371 e. The zero-order chi connectivity index (χ0) is 13.8. The molecule has 1 fully saturated rings. The van der Waals surface area contributed by atoms with Gasteiger partial charge in [-0.25, -0.2) is 0 Å². The molecule has 1 aromatic rings. The van der Waals surface area contributed by atoms with Crippen molar-refractivity contribution in [3.8, 4) is 0 Å². The van der Waals surface area contributed by atoms with Crippen LogP contribution in [0.2, 0.25) is 0 Å². The molecule has 19 heavy (non-hydrogen) atoms. The fraction of sp³-hybridized carbons (Fsp3) is 0.647. The number of nitrogens with two attached hydrogens (primary N) is 1. The van der Waals surface area contributed by atoms with E-state index in [4.69, 9.17) is 5.73 Å². The quantitative estimate of drug-likeness (QED) is 0.878. The van der Waals surface area contributed by atoms with Crippen LogP contribution in [0.4, 0.5) is 5.69 Å². The van der Waals surface area contributed by atoms with Gasteiger partial charge in [0.2, 0.25) is 0 Å². The summed E-state index contributed by atoms with van der Waals surface area (Å²) >= 11 is 0. The summed E-state index contributed by atoms with van der Waals surface area (Å²) in [6.07, 6.45) is 5.00. The summed E-state index contributed by atoms with van der Waals surface area (Å²) in [6, 6.07) is 7.06. The number of hydrogen-bond donors (Lipinski definition) is 1. The summed E-state index contributed by atoms with van der Waals surface area (Å²) in [5.41, 5.74) is 10.2. The first-order valence-electron chi connectivity index (χ1n) is 7.70. The van der Waals surface area contributed by atoms with Crippen LogP contribution in [0, 0.1) is 12.8 Å². The smallest absolute Gasteiger partial charge is 0.0399 e. The van der Waals surface area contributed by atoms with E-state index in [-0.39, 0.29) is 6.04 Å². The third kappa shape index (κ3) is 3.73. The van der Waals surface area contributed by atoms with Crippen LogP contribution in [-0.4, -0.2) is 19.1 Å². The summed E-state index contributed by atoms with van der Waals surface area (Å²) in [6.45, 7) is 8.98. The van der Waals surface area contributed by atoms with Gasteiger partial charge < -0.3 is 10.6 Å². The van der Waals surface area contributed by atoms with Crippen molar-refractivity contribution in [2.24, 2.45) is 11.7 Å². The first kappa shape index (κ1) is 14.4. The van der Waals surface area contributed by atoms with E-state index in [0.717, 1.165) is 12.3 Å². The van der Waals surface area contributed by atoms with Crippen molar-refractivity contribution < 1.29 is 0 Å². The molecule has 2 nitrogen and oxygen atoms in total. The van der Waals surface area contributed by atoms with Gasteiger partial charge in [0.05, 0.1) is 0 Å². The van der Waals surface area contributed by atoms with Crippen molar-refractivity contribution in [3.05, 3.63) is 29.3 Å². The normalized spacial score (nSPS) is 20.8. The standard InChI is InChI=1S/C17H28N2/c1-4-5-15-8-9-19(12-15)17-7-6-13(2)10-16(17)11-14(3)18/h6-7,10,14-15H,4-5,8-9,11-12,18H2,1-3H3. The Balaban J connectivity index is 2.15. The molecular weight excluding hydrogens is 232 g/mol. The molecule has 0 saturated carbocycles. The van der Waals surface area contributed by atoms with Gasteiger partial charge in [-0.2, -0.15) is 0 Å². The van der Waals surface area contributed by atoms with Crippen molar-refractivity contribution >= 4 is 5.69 Å². The zero-order valence-electron chi connectivity index (χ0n) is 12.7. The second-order valence-electron chi connectivity index (χ2n) is 6.20. The Morgan fingerprint density at radius 1 is 1.42 bits per heavy atom. The molecule has 1 saturated heterocycles. The van der Waals surface area contributed by atoms with Crippen LogP contribution in [0.3, 0.4) is 0 Å². The minimum absolute atomic E-state index is 0.231. The first-order chi connectivity index (χ1) is 9.10. The Morgan fingerprint density at radius 2 is 2.21 bits per heavy atom. The number of benzene rings is 1. The number of hydrogen-bond acceptors (Lipinski definition) is 2. The van der Waals surface area contributed by atoms with E-state index >= 15 is 0 Å². The van der Waals surface area contributed by atoms with E-state index in [1.54, 1.807) is 0 Å². The highest BCUT2D eigenvalue weighted by molar-refractivity contribution is 5.56. The molecule has 2 N–H and O–H groups in total. The average molecular weight is 260 g/mol. The second-order valence-corrected chi connectivity index (χ2v) is 6.20. The van der Waals surface area contributed by atoms with Crippen LogP contribution in [0.1, 0.15) is 44.2 Å².